The number of hydrogen-bond acceptors (Lipinski definition) is 1. The van der Waals surface area contributed by atoms with Gasteiger partial charge in [-0.15, -0.1) is 0 Å². The summed E-state index contributed by atoms with van der Waals surface area (Å²) in [5, 5.41) is 8.61. The standard InChI is InChI=1S/C10H12FN/c1-7(2)9(4)10(6-12)5-8(3)11/h5,7H,3-4H2,1-2H3/b10-5-. The van der Waals surface area contributed by atoms with E-state index < -0.39 is 5.83 Å². The topological polar surface area (TPSA) is 23.8 Å². The van der Waals surface area contributed by atoms with Crippen molar-refractivity contribution in [3.8, 4) is 6.07 Å². The van der Waals surface area contributed by atoms with E-state index in [-0.39, 0.29) is 11.5 Å². The van der Waals surface area contributed by atoms with Crippen LogP contribution < -0.4 is 0 Å². The molecule has 1 nitrogen and oxygen atoms in total. The predicted octanol–water partition coefficient (Wildman–Crippen LogP) is 3.13. The molecule has 0 unspecified atom stereocenters. The maximum Gasteiger partial charge on any atom is 0.117 e. The molecule has 0 bridgehead atoms. The van der Waals surface area contributed by atoms with Crippen LogP contribution in [0.4, 0.5) is 4.39 Å². The first kappa shape index (κ1) is 10.6. The molecule has 0 saturated heterocycles. The highest BCUT2D eigenvalue weighted by Crippen LogP contribution is 2.17. The Labute approximate surface area is 72.5 Å². The average Bonchev–Trinajstić information content (AvgIpc) is 1.98. The van der Waals surface area contributed by atoms with Gasteiger partial charge in [-0.25, -0.2) is 4.39 Å². The van der Waals surface area contributed by atoms with Crippen LogP contribution in [-0.2, 0) is 0 Å². The molecule has 0 spiro atoms. The van der Waals surface area contributed by atoms with Gasteiger partial charge in [0.25, 0.3) is 0 Å². The van der Waals surface area contributed by atoms with Crippen molar-refractivity contribution < 1.29 is 4.39 Å². The first-order valence-corrected chi connectivity index (χ1v) is 3.64. The number of nitriles is 1. The Bertz CT molecular complexity index is 266. The van der Waals surface area contributed by atoms with Gasteiger partial charge in [-0.2, -0.15) is 5.26 Å². The third-order valence-corrected chi connectivity index (χ3v) is 1.46. The molecule has 0 rings (SSSR count). The lowest BCUT2D eigenvalue weighted by Crippen LogP contribution is -1.94. The second kappa shape index (κ2) is 4.50. The molecule has 0 aliphatic heterocycles. The number of allylic oxidation sites excluding steroid dienone is 4. The summed E-state index contributed by atoms with van der Waals surface area (Å²) in [4.78, 5) is 0. The SMILES string of the molecule is C=C(F)/C=C(/C#N)C(=C)C(C)C. The second-order valence-electron chi connectivity index (χ2n) is 2.80. The Morgan fingerprint density at radius 2 is 2.00 bits per heavy atom. The first-order chi connectivity index (χ1) is 5.49. The third-order valence-electron chi connectivity index (χ3n) is 1.46. The minimum atomic E-state index is -0.617. The lowest BCUT2D eigenvalue weighted by Gasteiger charge is -2.06. The highest BCUT2D eigenvalue weighted by molar-refractivity contribution is 5.43. The van der Waals surface area contributed by atoms with E-state index in [1.165, 1.54) is 0 Å². The van der Waals surface area contributed by atoms with Gasteiger partial charge in [0.2, 0.25) is 0 Å². The monoisotopic (exact) mass is 165 g/mol. The summed E-state index contributed by atoms with van der Waals surface area (Å²) in [5.74, 6) is -0.469. The zero-order chi connectivity index (χ0) is 9.72. The molecule has 64 valence electrons. The quantitative estimate of drug-likeness (QED) is 0.465. The van der Waals surface area contributed by atoms with Gasteiger partial charge in [0.05, 0.1) is 11.6 Å². The Balaban J connectivity index is 4.72. The van der Waals surface area contributed by atoms with E-state index in [1.807, 2.05) is 19.9 Å². The second-order valence-corrected chi connectivity index (χ2v) is 2.80. The van der Waals surface area contributed by atoms with E-state index in [2.05, 4.69) is 13.2 Å². The van der Waals surface area contributed by atoms with Gasteiger partial charge in [0.1, 0.15) is 5.83 Å². The molecule has 0 aliphatic rings. The highest BCUT2D eigenvalue weighted by atomic mass is 19.1. The van der Waals surface area contributed by atoms with Crippen LogP contribution in [0.15, 0.2) is 36.2 Å². The van der Waals surface area contributed by atoms with Gasteiger partial charge >= 0.3 is 0 Å². The molecule has 0 aromatic carbocycles. The minimum absolute atomic E-state index is 0.148. The van der Waals surface area contributed by atoms with Crippen molar-refractivity contribution in [1.82, 2.24) is 0 Å². The minimum Gasteiger partial charge on any atom is -0.208 e. The Kier molecular flexibility index (Phi) is 3.99. The van der Waals surface area contributed by atoms with Crippen LogP contribution in [0.3, 0.4) is 0 Å². The zero-order valence-corrected chi connectivity index (χ0v) is 7.39. The smallest absolute Gasteiger partial charge is 0.117 e. The molecule has 0 atom stereocenters. The first-order valence-electron chi connectivity index (χ1n) is 3.64. The molecule has 0 aromatic rings. The van der Waals surface area contributed by atoms with Crippen molar-refractivity contribution in [2.45, 2.75) is 13.8 Å². The number of rotatable bonds is 3. The van der Waals surface area contributed by atoms with Crippen LogP contribution >= 0.6 is 0 Å². The zero-order valence-electron chi connectivity index (χ0n) is 7.39. The average molecular weight is 165 g/mol. The fourth-order valence-electron chi connectivity index (χ4n) is 0.664. The van der Waals surface area contributed by atoms with Gasteiger partial charge in [-0.05, 0) is 17.6 Å². The molecule has 0 heterocycles. The van der Waals surface area contributed by atoms with E-state index >= 15 is 0 Å². The van der Waals surface area contributed by atoms with Crippen LogP contribution in [-0.4, -0.2) is 0 Å². The number of nitrogens with zero attached hydrogens (tertiary/aromatic N) is 1. The van der Waals surface area contributed by atoms with E-state index in [4.69, 9.17) is 5.26 Å². The van der Waals surface area contributed by atoms with Gasteiger partial charge in [0, 0.05) is 0 Å². The maximum absolute atomic E-state index is 12.3. The number of hydrogen-bond donors (Lipinski definition) is 0. The third kappa shape index (κ3) is 3.16. The predicted molar refractivity (Wildman–Crippen MR) is 47.9 cm³/mol. The summed E-state index contributed by atoms with van der Waals surface area (Å²) in [6.45, 7) is 10.5. The summed E-state index contributed by atoms with van der Waals surface area (Å²) in [7, 11) is 0. The van der Waals surface area contributed by atoms with Crippen molar-refractivity contribution in [2.75, 3.05) is 0 Å². The summed E-state index contributed by atoms with van der Waals surface area (Å²) >= 11 is 0. The molecule has 0 radical (unpaired) electrons. The normalized spacial score (nSPS) is 11.1. The van der Waals surface area contributed by atoms with Crippen molar-refractivity contribution in [3.63, 3.8) is 0 Å². The van der Waals surface area contributed by atoms with E-state index in [1.54, 1.807) is 0 Å². The summed E-state index contributed by atoms with van der Waals surface area (Å²) < 4.78 is 12.3. The van der Waals surface area contributed by atoms with Crippen LogP contribution in [0.2, 0.25) is 0 Å². The van der Waals surface area contributed by atoms with Crippen LogP contribution in [0.5, 0.6) is 0 Å². The molecule has 12 heavy (non-hydrogen) atoms. The Morgan fingerprint density at radius 1 is 1.50 bits per heavy atom. The number of halogens is 1. The van der Waals surface area contributed by atoms with E-state index in [0.717, 1.165) is 6.08 Å². The van der Waals surface area contributed by atoms with Crippen LogP contribution in [0, 0.1) is 17.2 Å². The van der Waals surface area contributed by atoms with Crippen LogP contribution in [0.1, 0.15) is 13.8 Å². The van der Waals surface area contributed by atoms with Gasteiger partial charge in [0.15, 0.2) is 0 Å². The lowest BCUT2D eigenvalue weighted by molar-refractivity contribution is 0.669. The molecule has 0 saturated carbocycles. The van der Waals surface area contributed by atoms with Crippen molar-refractivity contribution >= 4 is 0 Å². The van der Waals surface area contributed by atoms with Crippen molar-refractivity contribution in [3.05, 3.63) is 36.2 Å². The van der Waals surface area contributed by atoms with Crippen molar-refractivity contribution in [1.29, 1.82) is 5.26 Å². The molecule has 0 aromatic heterocycles. The van der Waals surface area contributed by atoms with E-state index in [0.29, 0.717) is 5.57 Å². The molecular formula is C10H12FN. The van der Waals surface area contributed by atoms with Gasteiger partial charge < -0.3 is 0 Å². The molecule has 0 fully saturated rings. The van der Waals surface area contributed by atoms with Gasteiger partial charge in [-0.1, -0.05) is 27.0 Å². The fourth-order valence-corrected chi connectivity index (χ4v) is 0.664. The molecule has 2 heteroatoms. The molecular weight excluding hydrogens is 153 g/mol. The fraction of sp³-hybridized carbons (Fsp3) is 0.300. The lowest BCUT2D eigenvalue weighted by atomic mass is 9.97. The summed E-state index contributed by atoms with van der Waals surface area (Å²) in [6, 6.07) is 1.88. The largest absolute Gasteiger partial charge is 0.208 e. The van der Waals surface area contributed by atoms with E-state index in [9.17, 15) is 4.39 Å². The van der Waals surface area contributed by atoms with Crippen molar-refractivity contribution in [2.24, 2.45) is 5.92 Å². The maximum atomic E-state index is 12.3. The Morgan fingerprint density at radius 3 is 2.25 bits per heavy atom. The van der Waals surface area contributed by atoms with Crippen LogP contribution in [0.25, 0.3) is 0 Å². The summed E-state index contributed by atoms with van der Waals surface area (Å²) in [5.41, 5.74) is 0.897. The highest BCUT2D eigenvalue weighted by Gasteiger charge is 2.06. The Hall–Kier alpha value is -1.36. The molecule has 0 aliphatic carbocycles. The molecule has 0 N–H and O–H groups in total. The summed E-state index contributed by atoms with van der Waals surface area (Å²) in [6.07, 6.45) is 1.10. The molecule has 0 amide bonds. The van der Waals surface area contributed by atoms with Gasteiger partial charge in [-0.3, -0.25) is 0 Å².